The van der Waals surface area contributed by atoms with Gasteiger partial charge in [-0.15, -0.1) is 0 Å². The van der Waals surface area contributed by atoms with E-state index in [9.17, 15) is 14.3 Å². The summed E-state index contributed by atoms with van der Waals surface area (Å²) in [5, 5.41) is 18.1. The summed E-state index contributed by atoms with van der Waals surface area (Å²) < 4.78 is 16.1. The van der Waals surface area contributed by atoms with Crippen molar-refractivity contribution < 1.29 is 14.3 Å². The van der Waals surface area contributed by atoms with Crippen LogP contribution < -0.4 is 11.1 Å². The lowest BCUT2D eigenvalue weighted by Crippen LogP contribution is -2.38. The van der Waals surface area contributed by atoms with Crippen LogP contribution in [0.4, 0.5) is 10.2 Å². The minimum atomic E-state index is -1.40. The monoisotopic (exact) mass is 438 g/mol. The van der Waals surface area contributed by atoms with Crippen LogP contribution >= 0.6 is 0 Å². The van der Waals surface area contributed by atoms with Crippen molar-refractivity contribution >= 4 is 17.2 Å². The molecule has 0 aliphatic carbocycles. The molecule has 0 unspecified atom stereocenters. The zero-order chi connectivity index (χ0) is 22.8. The van der Waals surface area contributed by atoms with E-state index < -0.39 is 11.4 Å². The number of aliphatic hydroxyl groups is 1. The number of nitrogens with two attached hydrogens (primary N) is 1. The molecule has 2 bridgehead atoms. The summed E-state index contributed by atoms with van der Waals surface area (Å²) in [7, 11) is 0. The van der Waals surface area contributed by atoms with Crippen LogP contribution in [0.2, 0.25) is 0 Å². The molecular formula is C23H27FN6O2. The van der Waals surface area contributed by atoms with Gasteiger partial charge >= 0.3 is 0 Å². The Kier molecular flexibility index (Phi) is 4.79. The van der Waals surface area contributed by atoms with Crippen molar-refractivity contribution in [2.24, 2.45) is 0 Å². The minimum absolute atomic E-state index is 0.0325. The number of nitrogens with zero attached hydrogens (tertiary/aromatic N) is 4. The first-order valence-corrected chi connectivity index (χ1v) is 11.0. The molecule has 168 valence electrons. The van der Waals surface area contributed by atoms with Gasteiger partial charge in [0.05, 0.1) is 17.5 Å². The van der Waals surface area contributed by atoms with E-state index in [1.54, 1.807) is 6.20 Å². The molecule has 5 rings (SSSR count). The van der Waals surface area contributed by atoms with Gasteiger partial charge in [0.2, 0.25) is 0 Å². The maximum absolute atomic E-state index is 14.7. The lowest BCUT2D eigenvalue weighted by atomic mass is 9.86. The van der Waals surface area contributed by atoms with E-state index in [0.29, 0.717) is 40.1 Å². The molecule has 0 spiro atoms. The third-order valence-corrected chi connectivity index (χ3v) is 6.65. The minimum Gasteiger partial charge on any atom is -0.384 e. The second-order valence-corrected chi connectivity index (χ2v) is 9.53. The molecule has 8 nitrogen and oxygen atoms in total. The number of carbonyl (C=O) groups excluding carboxylic acids is 1. The van der Waals surface area contributed by atoms with Crippen LogP contribution in [-0.4, -0.2) is 42.6 Å². The molecule has 4 N–H and O–H groups in total. The number of piperidine rings is 1. The molecule has 32 heavy (non-hydrogen) atoms. The summed E-state index contributed by atoms with van der Waals surface area (Å²) >= 11 is 0. The fraction of sp³-hybridized carbons (Fsp3) is 0.478. The molecule has 9 heteroatoms. The van der Waals surface area contributed by atoms with Gasteiger partial charge in [-0.25, -0.2) is 9.37 Å². The van der Waals surface area contributed by atoms with Crippen molar-refractivity contribution in [1.82, 2.24) is 24.9 Å². The molecule has 0 saturated carbocycles. The number of Topliss-reactive ketones (excluding diaryl/α,β-unsaturated/α-hetero) is 1. The normalized spacial score (nSPS) is 23.1. The number of fused-ring (bicyclic) bond motifs is 3. The molecule has 3 atom stereocenters. The van der Waals surface area contributed by atoms with Crippen LogP contribution in [0.25, 0.3) is 16.8 Å². The van der Waals surface area contributed by atoms with E-state index in [1.807, 2.05) is 0 Å². The fourth-order valence-corrected chi connectivity index (χ4v) is 5.21. The number of nitrogens with one attached hydrogen (secondary N) is 1. The van der Waals surface area contributed by atoms with Gasteiger partial charge in [-0.3, -0.25) is 9.78 Å². The number of anilines is 1. The van der Waals surface area contributed by atoms with Crippen molar-refractivity contribution in [1.29, 1.82) is 0 Å². The Morgan fingerprint density at radius 3 is 2.56 bits per heavy atom. The molecule has 2 saturated heterocycles. The Morgan fingerprint density at radius 1 is 1.28 bits per heavy atom. The van der Waals surface area contributed by atoms with Crippen molar-refractivity contribution in [3.8, 4) is 11.1 Å². The van der Waals surface area contributed by atoms with E-state index in [4.69, 9.17) is 10.7 Å². The number of rotatable bonds is 4. The average molecular weight is 439 g/mol. The molecule has 2 aliphatic heterocycles. The van der Waals surface area contributed by atoms with Crippen molar-refractivity contribution in [2.75, 3.05) is 5.73 Å². The maximum atomic E-state index is 14.7. The molecular weight excluding hydrogens is 411 g/mol. The second-order valence-electron chi connectivity index (χ2n) is 9.53. The Hall–Kier alpha value is -2.91. The molecule has 0 amide bonds. The van der Waals surface area contributed by atoms with E-state index in [2.05, 4.69) is 15.4 Å². The van der Waals surface area contributed by atoms with Gasteiger partial charge in [0.25, 0.3) is 0 Å². The summed E-state index contributed by atoms with van der Waals surface area (Å²) in [6.45, 7) is 4.46. The van der Waals surface area contributed by atoms with Crippen LogP contribution in [0.3, 0.4) is 0 Å². The Balaban J connectivity index is 1.66. The van der Waals surface area contributed by atoms with Crippen LogP contribution in [0.15, 0.2) is 18.5 Å². The highest BCUT2D eigenvalue weighted by Crippen LogP contribution is 2.40. The molecule has 0 aromatic carbocycles. The number of nitrogen functional groups attached to an aromatic ring is 1. The lowest BCUT2D eigenvalue weighted by Gasteiger charge is -2.30. The smallest absolute Gasteiger partial charge is 0.165 e. The topological polar surface area (TPSA) is 118 Å². The van der Waals surface area contributed by atoms with Gasteiger partial charge in [-0.1, -0.05) is 0 Å². The predicted octanol–water partition coefficient (Wildman–Crippen LogP) is 2.94. The number of aromatic nitrogens is 4. The number of pyridine rings is 1. The second kappa shape index (κ2) is 7.31. The lowest BCUT2D eigenvalue weighted by molar-refractivity contribution is 0.0695. The molecule has 2 aliphatic rings. The van der Waals surface area contributed by atoms with E-state index in [0.717, 1.165) is 25.7 Å². The van der Waals surface area contributed by atoms with E-state index in [-0.39, 0.29) is 23.2 Å². The summed E-state index contributed by atoms with van der Waals surface area (Å²) in [4.78, 5) is 21.6. The fourth-order valence-electron chi connectivity index (χ4n) is 5.21. The van der Waals surface area contributed by atoms with Crippen LogP contribution in [0, 0.1) is 5.82 Å². The zero-order valence-electron chi connectivity index (χ0n) is 18.4. The Bertz CT molecular complexity index is 1220. The first-order chi connectivity index (χ1) is 15.1. The maximum Gasteiger partial charge on any atom is 0.165 e. The van der Waals surface area contributed by atoms with Gasteiger partial charge in [-0.2, -0.15) is 9.61 Å². The number of hydrogen-bond donors (Lipinski definition) is 3. The molecule has 2 fully saturated rings. The third-order valence-electron chi connectivity index (χ3n) is 6.65. The number of halogens is 1. The third kappa shape index (κ3) is 3.36. The largest absolute Gasteiger partial charge is 0.384 e. The van der Waals surface area contributed by atoms with Crippen LogP contribution in [0.1, 0.15) is 74.1 Å². The van der Waals surface area contributed by atoms with Crippen LogP contribution in [0.5, 0.6) is 0 Å². The first-order valence-electron chi connectivity index (χ1n) is 11.0. The van der Waals surface area contributed by atoms with Gasteiger partial charge in [0.1, 0.15) is 22.9 Å². The van der Waals surface area contributed by atoms with Crippen LogP contribution in [-0.2, 0) is 5.60 Å². The highest BCUT2D eigenvalue weighted by atomic mass is 19.1. The predicted molar refractivity (Wildman–Crippen MR) is 118 cm³/mol. The Morgan fingerprint density at radius 2 is 1.97 bits per heavy atom. The van der Waals surface area contributed by atoms with E-state index >= 15 is 0 Å². The Labute approximate surface area is 185 Å². The molecule has 3 aromatic rings. The standard InChI is InChI=1S/C23H27FN6O2/c1-11(31)18-19(12-6-14-4-5-15(7-12)28-14)29-22-16(10-27-30(22)21(18)25)13-8-17(24)20(26-9-13)23(2,3)32/h8-10,12,14-15,28,32H,4-7,25H2,1-3H3/t12-,14+,15-. The van der Waals surface area contributed by atoms with E-state index in [1.165, 1.54) is 37.5 Å². The summed E-state index contributed by atoms with van der Waals surface area (Å²) in [5.41, 5.74) is 7.61. The van der Waals surface area contributed by atoms with Gasteiger partial charge in [0.15, 0.2) is 11.4 Å². The quantitative estimate of drug-likeness (QED) is 0.536. The number of ketones is 1. The van der Waals surface area contributed by atoms with Crippen molar-refractivity contribution in [3.63, 3.8) is 0 Å². The van der Waals surface area contributed by atoms with Crippen molar-refractivity contribution in [2.45, 2.75) is 70.1 Å². The average Bonchev–Trinajstić information content (AvgIpc) is 3.29. The zero-order valence-corrected chi connectivity index (χ0v) is 18.4. The SMILES string of the molecule is CC(=O)c1c([C@H]2C[C@H]3CC[C@@H](C2)N3)nc2c(-c3cnc(C(C)(C)O)c(F)c3)cnn2c1N. The molecule has 5 heterocycles. The molecule has 0 radical (unpaired) electrons. The summed E-state index contributed by atoms with van der Waals surface area (Å²) in [5.74, 6) is -0.388. The number of carbonyl (C=O) groups is 1. The summed E-state index contributed by atoms with van der Waals surface area (Å²) in [6.07, 6.45) is 7.11. The molecule has 3 aromatic heterocycles. The number of hydrogen-bond acceptors (Lipinski definition) is 7. The van der Waals surface area contributed by atoms with Gasteiger partial charge < -0.3 is 16.2 Å². The highest BCUT2D eigenvalue weighted by Gasteiger charge is 2.37. The van der Waals surface area contributed by atoms with Gasteiger partial charge in [-0.05, 0) is 52.5 Å². The summed E-state index contributed by atoms with van der Waals surface area (Å²) in [6, 6.07) is 2.17. The van der Waals surface area contributed by atoms with Gasteiger partial charge in [0, 0.05) is 35.3 Å². The first kappa shape index (κ1) is 21.0. The van der Waals surface area contributed by atoms with Crippen molar-refractivity contribution in [3.05, 3.63) is 41.2 Å². The highest BCUT2D eigenvalue weighted by molar-refractivity contribution is 6.00.